The van der Waals surface area contributed by atoms with Crippen LogP contribution >= 0.6 is 24.8 Å². The number of rotatable bonds is 3. The van der Waals surface area contributed by atoms with E-state index in [0.717, 1.165) is 6.42 Å². The van der Waals surface area contributed by atoms with Gasteiger partial charge in [0.05, 0.1) is 0 Å². The van der Waals surface area contributed by atoms with Gasteiger partial charge in [-0.3, -0.25) is 0 Å². The Labute approximate surface area is 290 Å². The summed E-state index contributed by atoms with van der Waals surface area (Å²) in [7, 11) is 0. The maximum atomic E-state index is 3.06. The second-order valence-electron chi connectivity index (χ2n) is 10.6. The SMILES string of the molecule is CCc1cc2c(-c3ccc(C)cc3)cc(C)cc2[cH-]1.Cc1ccc(-c2cc(C)cc3[cH-]c(C)cc23)cc1.Cl.Cl.[CH3-].[CH3-].[Si]=[Zr]. The molecule has 0 atom stereocenters. The third-order valence-electron chi connectivity index (χ3n) is 7.27. The van der Waals surface area contributed by atoms with Gasteiger partial charge in [-0.25, -0.2) is 0 Å². The molecule has 0 spiro atoms. The van der Waals surface area contributed by atoms with Crippen LogP contribution in [-0.4, -0.2) is 6.88 Å². The van der Waals surface area contributed by atoms with Crippen LogP contribution in [0.25, 0.3) is 43.8 Å². The molecule has 0 saturated carbocycles. The predicted molar refractivity (Wildman–Crippen MR) is 196 cm³/mol. The molecule has 0 bridgehead atoms. The standard InChI is InChI=1S/C19H19.C18H17.2CH3.2ClH.Si.Zr/c1-4-15-11-17-9-14(3)10-18(19(17)12-15)16-7-5-13(2)6-8-16;1-12-4-6-15(7-5-12)17-10-13(2)8-16-9-14(3)11-18(16)17;;;;;;/h5-12H,4H2,1-3H3;4-11H,1-3H3;2*1H3;2*1H;;/q4*-1;;;;. The van der Waals surface area contributed by atoms with Crippen molar-refractivity contribution in [3.63, 3.8) is 0 Å². The summed E-state index contributed by atoms with van der Waals surface area (Å²) in [4.78, 5) is 0. The van der Waals surface area contributed by atoms with Crippen LogP contribution in [0.4, 0.5) is 0 Å². The van der Waals surface area contributed by atoms with Crippen molar-refractivity contribution >= 4 is 53.2 Å². The Hall–Kier alpha value is -2.22. The second kappa shape index (κ2) is 18.6. The molecule has 226 valence electrons. The molecule has 0 N–H and O–H groups in total. The summed E-state index contributed by atoms with van der Waals surface area (Å²) in [5.74, 6) is 0. The molecule has 6 aromatic carbocycles. The first-order valence-electron chi connectivity index (χ1n) is 13.6. The maximum absolute atomic E-state index is 3.06. The van der Waals surface area contributed by atoms with Crippen molar-refractivity contribution < 1.29 is 23.3 Å². The second-order valence-corrected chi connectivity index (χ2v) is 10.6. The van der Waals surface area contributed by atoms with Gasteiger partial charge >= 0.3 is 30.2 Å². The fourth-order valence-corrected chi connectivity index (χ4v) is 5.30. The molecule has 0 aliphatic heterocycles. The van der Waals surface area contributed by atoms with E-state index in [4.69, 9.17) is 0 Å². The van der Waals surface area contributed by atoms with Crippen molar-refractivity contribution in [1.82, 2.24) is 0 Å². The molecular formula is C39H44Cl2SiZr-4. The molecule has 43 heavy (non-hydrogen) atoms. The Morgan fingerprint density at radius 1 is 0.535 bits per heavy atom. The Morgan fingerprint density at radius 2 is 0.930 bits per heavy atom. The average Bonchev–Trinajstić information content (AvgIpc) is 3.52. The summed E-state index contributed by atoms with van der Waals surface area (Å²) in [6.45, 7) is 16.0. The topological polar surface area (TPSA) is 0 Å². The van der Waals surface area contributed by atoms with Crippen LogP contribution in [-0.2, 0) is 29.8 Å². The number of hydrogen-bond donors (Lipinski definition) is 0. The molecule has 0 nitrogen and oxygen atoms in total. The van der Waals surface area contributed by atoms with Gasteiger partial charge in [-0.2, -0.15) is 12.1 Å². The summed E-state index contributed by atoms with van der Waals surface area (Å²) >= 11 is 1.36. The van der Waals surface area contributed by atoms with Gasteiger partial charge in [0.15, 0.2) is 0 Å². The van der Waals surface area contributed by atoms with Crippen molar-refractivity contribution in [2.24, 2.45) is 0 Å². The Morgan fingerprint density at radius 3 is 1.35 bits per heavy atom. The van der Waals surface area contributed by atoms with Crippen LogP contribution in [0.2, 0.25) is 0 Å². The van der Waals surface area contributed by atoms with Crippen LogP contribution in [0.5, 0.6) is 0 Å². The van der Waals surface area contributed by atoms with Gasteiger partial charge in [0.2, 0.25) is 0 Å². The van der Waals surface area contributed by atoms with Crippen LogP contribution < -0.4 is 0 Å². The zero-order valence-electron chi connectivity index (χ0n) is 26.8. The molecule has 4 heteroatoms. The predicted octanol–water partition coefficient (Wildman–Crippen LogP) is 11.9. The number of benzene rings is 4. The van der Waals surface area contributed by atoms with E-state index in [0.29, 0.717) is 0 Å². The molecule has 0 saturated heterocycles. The van der Waals surface area contributed by atoms with Gasteiger partial charge in [0.25, 0.3) is 0 Å². The molecule has 0 amide bonds. The van der Waals surface area contributed by atoms with Gasteiger partial charge in [-0.1, -0.05) is 108 Å². The molecular weight excluding hydrogens is 659 g/mol. The fraction of sp³-hybridized carbons (Fsp3) is 0.179. The van der Waals surface area contributed by atoms with Crippen molar-refractivity contribution in [2.45, 2.75) is 48.0 Å². The zero-order chi connectivity index (χ0) is 28.1. The zero-order valence-corrected chi connectivity index (χ0v) is 31.9. The van der Waals surface area contributed by atoms with Crippen LogP contribution in [0.15, 0.2) is 97.1 Å². The van der Waals surface area contributed by atoms with Gasteiger partial charge in [0.1, 0.15) is 0 Å². The third kappa shape index (κ3) is 9.89. The van der Waals surface area contributed by atoms with Crippen molar-refractivity contribution in [3.8, 4) is 22.3 Å². The number of hydrogen-bond acceptors (Lipinski definition) is 0. The Bertz CT molecular complexity index is 1710. The van der Waals surface area contributed by atoms with Crippen LogP contribution in [0.1, 0.15) is 40.3 Å². The van der Waals surface area contributed by atoms with Gasteiger partial charge < -0.3 is 14.9 Å². The van der Waals surface area contributed by atoms with E-state index in [-0.39, 0.29) is 39.7 Å². The monoisotopic (exact) mass is 700 g/mol. The van der Waals surface area contributed by atoms with E-state index in [1.807, 2.05) is 0 Å². The van der Waals surface area contributed by atoms with E-state index in [9.17, 15) is 0 Å². The number of halogens is 2. The summed E-state index contributed by atoms with van der Waals surface area (Å²) in [6, 6.07) is 35.9. The normalized spacial score (nSPS) is 9.60. The number of aryl methyl sites for hydroxylation is 6. The molecule has 2 radical (unpaired) electrons. The summed E-state index contributed by atoms with van der Waals surface area (Å²) in [6.07, 6.45) is 1.10. The molecule has 0 fully saturated rings. The quantitative estimate of drug-likeness (QED) is 0.127. The first kappa shape index (κ1) is 40.8. The van der Waals surface area contributed by atoms with Crippen molar-refractivity contribution in [1.29, 1.82) is 0 Å². The summed E-state index contributed by atoms with van der Waals surface area (Å²) < 4.78 is 0. The molecule has 6 aromatic rings. The molecule has 6 rings (SSSR count). The molecule has 0 heterocycles. The van der Waals surface area contributed by atoms with E-state index in [1.54, 1.807) is 0 Å². The minimum absolute atomic E-state index is 0. The van der Waals surface area contributed by atoms with Gasteiger partial charge in [0, 0.05) is 0 Å². The van der Waals surface area contributed by atoms with E-state index < -0.39 is 0 Å². The molecule has 0 aliphatic rings. The molecule has 0 aliphatic carbocycles. The molecule has 0 aromatic heterocycles. The van der Waals surface area contributed by atoms with E-state index in [2.05, 4.69) is 145 Å². The van der Waals surface area contributed by atoms with Crippen LogP contribution in [0, 0.1) is 49.5 Å². The van der Waals surface area contributed by atoms with Crippen molar-refractivity contribution in [3.05, 3.63) is 145 Å². The van der Waals surface area contributed by atoms with E-state index in [1.165, 1.54) is 101 Å². The van der Waals surface area contributed by atoms with Crippen molar-refractivity contribution in [2.75, 3.05) is 0 Å². The van der Waals surface area contributed by atoms with E-state index >= 15 is 0 Å². The average molecular weight is 703 g/mol. The Balaban J connectivity index is 0.000000714. The summed E-state index contributed by atoms with van der Waals surface area (Å²) in [5.41, 5.74) is 13.4. The van der Waals surface area contributed by atoms with Crippen LogP contribution in [0.3, 0.4) is 0 Å². The Kier molecular flexibility index (Phi) is 17.6. The first-order chi connectivity index (χ1) is 18.8. The third-order valence-corrected chi connectivity index (χ3v) is 7.27. The summed E-state index contributed by atoms with van der Waals surface area (Å²) in [5, 5.41) is 5.46. The number of fused-ring (bicyclic) bond motifs is 2. The first-order valence-corrected chi connectivity index (χ1v) is 17.8. The van der Waals surface area contributed by atoms with Gasteiger partial charge in [-0.15, -0.1) is 81.8 Å². The van der Waals surface area contributed by atoms with Gasteiger partial charge in [-0.05, 0) is 45.2 Å². The molecule has 0 unspecified atom stereocenters. The minimum atomic E-state index is 0. The fourth-order valence-electron chi connectivity index (χ4n) is 5.30.